The molecule has 2 aromatic rings. The highest BCUT2D eigenvalue weighted by molar-refractivity contribution is 6.02. The van der Waals surface area contributed by atoms with Crippen molar-refractivity contribution >= 4 is 12.0 Å². The number of ether oxygens (including phenoxy) is 2. The molecule has 5 nitrogen and oxygen atoms in total. The predicted molar refractivity (Wildman–Crippen MR) is 105 cm³/mol. The standard InChI is InChI=1S/C22H24N2O3/c1-15(2)27-21-18(11-8-12-20(21)26-4)13-19(14-23)22(25)24-16(3)17-9-6-5-7-10-17/h5-13,15-16H,1-4H3,(H,24,25)/b19-13-/t16-/m1/s1. The molecule has 0 unspecified atom stereocenters. The second-order valence-corrected chi connectivity index (χ2v) is 6.32. The normalized spacial score (nSPS) is 12.2. The van der Waals surface area contributed by atoms with E-state index >= 15 is 0 Å². The van der Waals surface area contributed by atoms with Gasteiger partial charge in [-0.3, -0.25) is 4.79 Å². The van der Waals surface area contributed by atoms with Crippen molar-refractivity contribution in [2.24, 2.45) is 0 Å². The fraction of sp³-hybridized carbons (Fsp3) is 0.273. The lowest BCUT2D eigenvalue weighted by Crippen LogP contribution is -2.27. The first-order chi connectivity index (χ1) is 13.0. The third-order valence-corrected chi connectivity index (χ3v) is 3.89. The van der Waals surface area contributed by atoms with Crippen molar-refractivity contribution in [3.63, 3.8) is 0 Å². The molecule has 0 fully saturated rings. The fourth-order valence-corrected chi connectivity index (χ4v) is 2.57. The van der Waals surface area contributed by atoms with Crippen LogP contribution in [0.5, 0.6) is 11.5 Å². The molecule has 0 bridgehead atoms. The van der Waals surface area contributed by atoms with Gasteiger partial charge in [0.2, 0.25) is 0 Å². The van der Waals surface area contributed by atoms with Gasteiger partial charge in [0.25, 0.3) is 5.91 Å². The fourth-order valence-electron chi connectivity index (χ4n) is 2.57. The van der Waals surface area contributed by atoms with Crippen LogP contribution in [-0.2, 0) is 4.79 Å². The van der Waals surface area contributed by atoms with Crippen LogP contribution in [0, 0.1) is 11.3 Å². The number of hydrogen-bond acceptors (Lipinski definition) is 4. The first-order valence-electron chi connectivity index (χ1n) is 8.77. The van der Waals surface area contributed by atoms with Crippen LogP contribution in [0.3, 0.4) is 0 Å². The number of hydrogen-bond donors (Lipinski definition) is 1. The molecule has 5 heteroatoms. The second kappa shape index (κ2) is 9.44. The van der Waals surface area contributed by atoms with Crippen LogP contribution < -0.4 is 14.8 Å². The molecule has 0 saturated carbocycles. The molecule has 0 spiro atoms. The van der Waals surface area contributed by atoms with E-state index in [0.29, 0.717) is 17.1 Å². The summed E-state index contributed by atoms with van der Waals surface area (Å²) in [5.74, 6) is 0.617. The van der Waals surface area contributed by atoms with Gasteiger partial charge in [0.05, 0.1) is 19.3 Å². The number of rotatable bonds is 7. The molecular formula is C22H24N2O3. The summed E-state index contributed by atoms with van der Waals surface area (Å²) < 4.78 is 11.2. The molecule has 1 N–H and O–H groups in total. The van der Waals surface area contributed by atoms with Gasteiger partial charge < -0.3 is 14.8 Å². The number of carbonyl (C=O) groups excluding carboxylic acids is 1. The average molecular weight is 364 g/mol. The van der Waals surface area contributed by atoms with Crippen LogP contribution in [0.25, 0.3) is 6.08 Å². The second-order valence-electron chi connectivity index (χ2n) is 6.32. The van der Waals surface area contributed by atoms with E-state index in [9.17, 15) is 10.1 Å². The maximum atomic E-state index is 12.6. The van der Waals surface area contributed by atoms with Gasteiger partial charge in [-0.15, -0.1) is 0 Å². The zero-order valence-electron chi connectivity index (χ0n) is 16.0. The summed E-state index contributed by atoms with van der Waals surface area (Å²) >= 11 is 0. The molecule has 0 aliphatic heterocycles. The number of methoxy groups -OCH3 is 1. The van der Waals surface area contributed by atoms with Gasteiger partial charge in [-0.05, 0) is 38.5 Å². The smallest absolute Gasteiger partial charge is 0.262 e. The Balaban J connectivity index is 2.30. The predicted octanol–water partition coefficient (Wildman–Crippen LogP) is 4.27. The van der Waals surface area contributed by atoms with E-state index < -0.39 is 5.91 Å². The Morgan fingerprint density at radius 2 is 1.81 bits per heavy atom. The van der Waals surface area contributed by atoms with E-state index in [1.807, 2.05) is 57.2 Å². The summed E-state index contributed by atoms with van der Waals surface area (Å²) in [6.07, 6.45) is 1.44. The van der Waals surface area contributed by atoms with Crippen molar-refractivity contribution in [1.82, 2.24) is 5.32 Å². The highest BCUT2D eigenvalue weighted by Crippen LogP contribution is 2.33. The Hall–Kier alpha value is -3.26. The van der Waals surface area contributed by atoms with Crippen molar-refractivity contribution in [3.05, 3.63) is 65.2 Å². The molecule has 0 radical (unpaired) electrons. The van der Waals surface area contributed by atoms with E-state index in [4.69, 9.17) is 9.47 Å². The zero-order chi connectivity index (χ0) is 19.8. The largest absolute Gasteiger partial charge is 0.493 e. The van der Waals surface area contributed by atoms with E-state index in [0.717, 1.165) is 5.56 Å². The van der Waals surface area contributed by atoms with E-state index in [-0.39, 0.29) is 17.7 Å². The zero-order valence-corrected chi connectivity index (χ0v) is 16.0. The molecule has 1 amide bonds. The van der Waals surface area contributed by atoms with Crippen LogP contribution in [0.4, 0.5) is 0 Å². The van der Waals surface area contributed by atoms with E-state index in [1.54, 1.807) is 25.3 Å². The SMILES string of the molecule is COc1cccc(/C=C(/C#N)C(=O)N[C@H](C)c2ccccc2)c1OC(C)C. The number of carbonyl (C=O) groups is 1. The van der Waals surface area contributed by atoms with E-state index in [2.05, 4.69) is 5.32 Å². The molecular weight excluding hydrogens is 340 g/mol. The molecule has 1 atom stereocenters. The van der Waals surface area contributed by atoms with Crippen LogP contribution in [0.15, 0.2) is 54.1 Å². The number of nitrogens with zero attached hydrogens (tertiary/aromatic N) is 1. The first-order valence-corrected chi connectivity index (χ1v) is 8.77. The molecule has 0 aromatic heterocycles. The highest BCUT2D eigenvalue weighted by atomic mass is 16.5. The van der Waals surface area contributed by atoms with Gasteiger partial charge in [0, 0.05) is 5.56 Å². The average Bonchev–Trinajstić information content (AvgIpc) is 2.67. The number of nitrogens with one attached hydrogen (secondary N) is 1. The number of nitriles is 1. The van der Waals surface area contributed by atoms with Gasteiger partial charge in [0.1, 0.15) is 11.6 Å². The number of amides is 1. The van der Waals surface area contributed by atoms with Crippen molar-refractivity contribution in [1.29, 1.82) is 5.26 Å². The summed E-state index contributed by atoms with van der Waals surface area (Å²) in [5.41, 5.74) is 1.58. The van der Waals surface area contributed by atoms with E-state index in [1.165, 1.54) is 6.08 Å². The molecule has 0 aliphatic rings. The maximum absolute atomic E-state index is 12.6. The third-order valence-electron chi connectivity index (χ3n) is 3.89. The van der Waals surface area contributed by atoms with Crippen LogP contribution in [0.1, 0.15) is 37.9 Å². The number of benzene rings is 2. The Morgan fingerprint density at radius 1 is 1.11 bits per heavy atom. The Bertz CT molecular complexity index is 852. The van der Waals surface area contributed by atoms with Crippen LogP contribution in [-0.4, -0.2) is 19.1 Å². The van der Waals surface area contributed by atoms with Gasteiger partial charge in [0.15, 0.2) is 11.5 Å². The molecule has 0 heterocycles. The van der Waals surface area contributed by atoms with Gasteiger partial charge >= 0.3 is 0 Å². The van der Waals surface area contributed by atoms with Crippen LogP contribution >= 0.6 is 0 Å². The van der Waals surface area contributed by atoms with Gasteiger partial charge in [-0.25, -0.2) is 0 Å². The lowest BCUT2D eigenvalue weighted by Gasteiger charge is -2.16. The lowest BCUT2D eigenvalue weighted by atomic mass is 10.1. The molecule has 0 saturated heterocycles. The Kier molecular flexibility index (Phi) is 7.01. The number of para-hydroxylation sites is 1. The minimum absolute atomic E-state index is 0.000333. The lowest BCUT2D eigenvalue weighted by molar-refractivity contribution is -0.117. The molecule has 2 aromatic carbocycles. The minimum Gasteiger partial charge on any atom is -0.493 e. The molecule has 140 valence electrons. The minimum atomic E-state index is -0.438. The summed E-state index contributed by atoms with van der Waals surface area (Å²) in [4.78, 5) is 12.6. The van der Waals surface area contributed by atoms with Crippen molar-refractivity contribution < 1.29 is 14.3 Å². The van der Waals surface area contributed by atoms with Gasteiger partial charge in [-0.2, -0.15) is 5.26 Å². The molecule has 27 heavy (non-hydrogen) atoms. The maximum Gasteiger partial charge on any atom is 0.262 e. The first kappa shape index (κ1) is 20.1. The van der Waals surface area contributed by atoms with Gasteiger partial charge in [-0.1, -0.05) is 42.5 Å². The Labute approximate surface area is 160 Å². The topological polar surface area (TPSA) is 71.3 Å². The van der Waals surface area contributed by atoms with Crippen LogP contribution in [0.2, 0.25) is 0 Å². The third kappa shape index (κ3) is 5.35. The Morgan fingerprint density at radius 3 is 2.41 bits per heavy atom. The van der Waals surface area contributed by atoms with Crippen molar-refractivity contribution in [2.45, 2.75) is 32.9 Å². The summed E-state index contributed by atoms with van der Waals surface area (Å²) in [5, 5.41) is 12.3. The molecule has 2 rings (SSSR count). The van der Waals surface area contributed by atoms with Crippen molar-refractivity contribution in [3.8, 4) is 17.6 Å². The quantitative estimate of drug-likeness (QED) is 0.588. The summed E-state index contributed by atoms with van der Waals surface area (Å²) in [7, 11) is 1.55. The van der Waals surface area contributed by atoms with Crippen molar-refractivity contribution in [2.75, 3.05) is 7.11 Å². The summed E-state index contributed by atoms with van der Waals surface area (Å²) in [6, 6.07) is 16.7. The highest BCUT2D eigenvalue weighted by Gasteiger charge is 2.16. The monoisotopic (exact) mass is 364 g/mol. The molecule has 0 aliphatic carbocycles. The summed E-state index contributed by atoms with van der Waals surface area (Å²) in [6.45, 7) is 5.68.